The molecular formula is C20H32N2O2S. The Kier molecular flexibility index (Phi) is 6.30. The third-order valence-corrected chi connectivity index (χ3v) is 6.93. The van der Waals surface area contributed by atoms with E-state index in [0.29, 0.717) is 18.0 Å². The Bertz CT molecular complexity index is 534. The number of carbonyl (C=O) groups is 1. The Morgan fingerprint density at radius 2 is 2.16 bits per heavy atom. The number of hydrogen-bond donors (Lipinski definition) is 0. The minimum atomic E-state index is -0.117. The van der Waals surface area contributed by atoms with E-state index in [0.717, 1.165) is 13.0 Å². The van der Waals surface area contributed by atoms with E-state index >= 15 is 0 Å². The fraction of sp³-hybridized carbons (Fsp3) is 0.900. The maximum atomic E-state index is 11.7. The first kappa shape index (κ1) is 19.0. The molecule has 0 aromatic heterocycles. The van der Waals surface area contributed by atoms with Crippen molar-refractivity contribution >= 4 is 23.3 Å². The zero-order chi connectivity index (χ0) is 17.9. The van der Waals surface area contributed by atoms with Crippen molar-refractivity contribution in [3.05, 3.63) is 0 Å². The van der Waals surface area contributed by atoms with Crippen LogP contribution in [0, 0.1) is 5.92 Å². The van der Waals surface area contributed by atoms with Crippen molar-refractivity contribution in [2.24, 2.45) is 10.9 Å². The Labute approximate surface area is 157 Å². The molecular weight excluding hydrogens is 332 g/mol. The third kappa shape index (κ3) is 3.70. The third-order valence-electron chi connectivity index (χ3n) is 6.80. The lowest BCUT2D eigenvalue weighted by atomic mass is 9.64. The van der Waals surface area contributed by atoms with Gasteiger partial charge in [0, 0.05) is 36.9 Å². The van der Waals surface area contributed by atoms with Crippen LogP contribution in [0.2, 0.25) is 0 Å². The van der Waals surface area contributed by atoms with Crippen molar-refractivity contribution in [3.63, 3.8) is 0 Å². The lowest BCUT2D eigenvalue weighted by Gasteiger charge is -2.58. The summed E-state index contributed by atoms with van der Waals surface area (Å²) in [5.74, 6) is 0.373. The quantitative estimate of drug-likeness (QED) is 0.398. The number of isothiocyanates is 1. The molecule has 4 nitrogen and oxygen atoms in total. The van der Waals surface area contributed by atoms with Crippen LogP contribution >= 0.6 is 12.2 Å². The van der Waals surface area contributed by atoms with Gasteiger partial charge in [-0.3, -0.25) is 9.69 Å². The highest BCUT2D eigenvalue weighted by molar-refractivity contribution is 7.78. The van der Waals surface area contributed by atoms with Gasteiger partial charge in [-0.15, -0.1) is 0 Å². The first-order chi connectivity index (χ1) is 12.1. The van der Waals surface area contributed by atoms with E-state index in [4.69, 9.17) is 17.0 Å². The number of esters is 1. The number of rotatable bonds is 6. The standard InChI is InChI=1S/C20H32N2O2S/c1-3-4-7-16-12-19(24-15(2)23)18-8-5-6-10-20(18)11-9-17(22(16)20)13-21-14-25/h16-19H,3-13H2,1-2H3/t16-,17+,18-,19+,20+/m0/s1. The molecule has 5 heteroatoms. The average Bonchev–Trinajstić information content (AvgIpc) is 2.96. The zero-order valence-electron chi connectivity index (χ0n) is 15.7. The molecule has 0 N–H and O–H groups in total. The van der Waals surface area contributed by atoms with Crippen LogP contribution < -0.4 is 0 Å². The van der Waals surface area contributed by atoms with Gasteiger partial charge in [0.25, 0.3) is 0 Å². The van der Waals surface area contributed by atoms with Gasteiger partial charge in [-0.05, 0) is 44.3 Å². The first-order valence-corrected chi connectivity index (χ1v) is 10.5. The summed E-state index contributed by atoms with van der Waals surface area (Å²) in [5, 5.41) is 2.57. The number of thiocarbonyl (C=S) groups is 1. The normalized spacial score (nSPS) is 37.7. The average molecular weight is 365 g/mol. The van der Waals surface area contributed by atoms with Gasteiger partial charge in [-0.25, -0.2) is 4.99 Å². The first-order valence-electron chi connectivity index (χ1n) is 10.1. The Balaban J connectivity index is 1.91. The second-order valence-corrected chi connectivity index (χ2v) is 8.35. The fourth-order valence-electron chi connectivity index (χ4n) is 6.03. The Morgan fingerprint density at radius 1 is 1.32 bits per heavy atom. The lowest BCUT2D eigenvalue weighted by molar-refractivity contribution is -0.170. The highest BCUT2D eigenvalue weighted by Crippen LogP contribution is 2.55. The number of aliphatic imine (C=N–C) groups is 1. The molecule has 25 heavy (non-hydrogen) atoms. The van der Waals surface area contributed by atoms with E-state index in [2.05, 4.69) is 22.0 Å². The topological polar surface area (TPSA) is 41.9 Å². The molecule has 5 atom stereocenters. The number of unbranched alkanes of at least 4 members (excludes halogenated alkanes) is 1. The number of ether oxygens (including phenoxy) is 1. The van der Waals surface area contributed by atoms with Crippen molar-refractivity contribution < 1.29 is 9.53 Å². The van der Waals surface area contributed by atoms with Crippen molar-refractivity contribution in [3.8, 4) is 0 Å². The molecule has 2 saturated heterocycles. The molecule has 1 spiro atoms. The summed E-state index contributed by atoms with van der Waals surface area (Å²) in [6.45, 7) is 4.59. The lowest BCUT2D eigenvalue weighted by Crippen LogP contribution is -2.65. The predicted octanol–water partition coefficient (Wildman–Crippen LogP) is 4.38. The molecule has 3 aliphatic rings. The molecule has 0 radical (unpaired) electrons. The van der Waals surface area contributed by atoms with E-state index in [-0.39, 0.29) is 17.6 Å². The minimum Gasteiger partial charge on any atom is -0.462 e. The maximum Gasteiger partial charge on any atom is 0.302 e. The zero-order valence-corrected chi connectivity index (χ0v) is 16.5. The second kappa shape index (κ2) is 8.28. The predicted molar refractivity (Wildman–Crippen MR) is 103 cm³/mol. The van der Waals surface area contributed by atoms with Crippen LogP contribution in [0.15, 0.2) is 4.99 Å². The van der Waals surface area contributed by atoms with Gasteiger partial charge in [0.05, 0.1) is 11.7 Å². The molecule has 0 unspecified atom stereocenters. The number of carbonyl (C=O) groups excluding carboxylic acids is 1. The van der Waals surface area contributed by atoms with Gasteiger partial charge < -0.3 is 4.74 Å². The second-order valence-electron chi connectivity index (χ2n) is 8.17. The summed E-state index contributed by atoms with van der Waals surface area (Å²) < 4.78 is 5.87. The molecule has 1 saturated carbocycles. The molecule has 0 aromatic rings. The molecule has 0 amide bonds. The summed E-state index contributed by atoms with van der Waals surface area (Å²) >= 11 is 4.82. The highest BCUT2D eigenvalue weighted by atomic mass is 32.1. The van der Waals surface area contributed by atoms with Crippen LogP contribution in [0.5, 0.6) is 0 Å². The summed E-state index contributed by atoms with van der Waals surface area (Å²) in [6.07, 6.45) is 12.1. The summed E-state index contributed by atoms with van der Waals surface area (Å²) in [7, 11) is 0. The minimum absolute atomic E-state index is 0.101. The van der Waals surface area contributed by atoms with Gasteiger partial charge in [-0.2, -0.15) is 0 Å². The number of hydrogen-bond acceptors (Lipinski definition) is 5. The summed E-state index contributed by atoms with van der Waals surface area (Å²) in [4.78, 5) is 18.9. The molecule has 140 valence electrons. The van der Waals surface area contributed by atoms with E-state index in [9.17, 15) is 4.79 Å². The maximum absolute atomic E-state index is 11.7. The van der Waals surface area contributed by atoms with Gasteiger partial charge in [-0.1, -0.05) is 32.6 Å². The molecule has 0 bridgehead atoms. The van der Waals surface area contributed by atoms with Crippen LogP contribution in [-0.2, 0) is 9.53 Å². The Hall–Kier alpha value is -0.770. The molecule has 2 aliphatic heterocycles. The smallest absolute Gasteiger partial charge is 0.302 e. The van der Waals surface area contributed by atoms with Gasteiger partial charge in [0.2, 0.25) is 0 Å². The molecule has 0 aromatic carbocycles. The Morgan fingerprint density at radius 3 is 2.88 bits per heavy atom. The fourth-order valence-corrected chi connectivity index (χ4v) is 6.10. The van der Waals surface area contributed by atoms with Crippen molar-refractivity contribution in [1.82, 2.24) is 4.90 Å². The van der Waals surface area contributed by atoms with Crippen molar-refractivity contribution in [2.45, 2.75) is 102 Å². The largest absolute Gasteiger partial charge is 0.462 e. The van der Waals surface area contributed by atoms with Gasteiger partial charge in [0.15, 0.2) is 0 Å². The summed E-state index contributed by atoms with van der Waals surface area (Å²) in [5.41, 5.74) is 0.219. The van der Waals surface area contributed by atoms with Crippen LogP contribution in [0.4, 0.5) is 0 Å². The van der Waals surface area contributed by atoms with Gasteiger partial charge >= 0.3 is 5.97 Å². The number of nitrogens with zero attached hydrogens (tertiary/aromatic N) is 2. The summed E-state index contributed by atoms with van der Waals surface area (Å²) in [6, 6.07) is 0.989. The van der Waals surface area contributed by atoms with Crippen LogP contribution in [0.1, 0.15) is 78.1 Å². The van der Waals surface area contributed by atoms with Crippen LogP contribution in [0.25, 0.3) is 0 Å². The van der Waals surface area contributed by atoms with E-state index in [1.165, 1.54) is 57.8 Å². The van der Waals surface area contributed by atoms with Crippen molar-refractivity contribution in [1.29, 1.82) is 0 Å². The van der Waals surface area contributed by atoms with Crippen LogP contribution in [-0.4, -0.2) is 46.3 Å². The number of piperidine rings is 1. The molecule has 3 rings (SSSR count). The van der Waals surface area contributed by atoms with Gasteiger partial charge in [0.1, 0.15) is 6.10 Å². The monoisotopic (exact) mass is 364 g/mol. The SMILES string of the molecule is CCCC[C@H]1C[C@@H](OC(C)=O)[C@@H]2CCCC[C@@]23CC[C@H](CN=C=S)N13. The van der Waals surface area contributed by atoms with E-state index in [1.807, 2.05) is 0 Å². The highest BCUT2D eigenvalue weighted by Gasteiger charge is 2.59. The van der Waals surface area contributed by atoms with E-state index in [1.54, 1.807) is 6.92 Å². The molecule has 2 heterocycles. The molecule has 3 fully saturated rings. The molecule has 1 aliphatic carbocycles. The van der Waals surface area contributed by atoms with Crippen molar-refractivity contribution in [2.75, 3.05) is 6.54 Å². The van der Waals surface area contributed by atoms with Crippen LogP contribution in [0.3, 0.4) is 0 Å². The van der Waals surface area contributed by atoms with E-state index < -0.39 is 0 Å².